The highest BCUT2D eigenvalue weighted by atomic mass is 35.5. The lowest BCUT2D eigenvalue weighted by Gasteiger charge is -2.17. The van der Waals surface area contributed by atoms with Crippen LogP contribution >= 0.6 is 34.8 Å². The monoisotopic (exact) mass is 291 g/mol. The molecule has 4 heteroatoms. The van der Waals surface area contributed by atoms with Gasteiger partial charge in [0.2, 0.25) is 0 Å². The summed E-state index contributed by atoms with van der Waals surface area (Å²) in [5.74, 6) is 1.50. The summed E-state index contributed by atoms with van der Waals surface area (Å²) in [7, 11) is 0. The van der Waals surface area contributed by atoms with Gasteiger partial charge in [0.25, 0.3) is 0 Å². The van der Waals surface area contributed by atoms with Gasteiger partial charge in [0.1, 0.15) is 0 Å². The molecule has 0 radical (unpaired) electrons. The van der Waals surface area contributed by atoms with Crippen molar-refractivity contribution < 1.29 is 0 Å². The van der Waals surface area contributed by atoms with Crippen molar-refractivity contribution in [2.45, 2.75) is 19.4 Å². The largest absolute Gasteiger partial charge is 0.299 e. The summed E-state index contributed by atoms with van der Waals surface area (Å²) < 4.78 is 0. The van der Waals surface area contributed by atoms with Gasteiger partial charge in [-0.15, -0.1) is 11.6 Å². The Labute approximate surface area is 118 Å². The zero-order valence-corrected chi connectivity index (χ0v) is 11.9. The van der Waals surface area contributed by atoms with Gasteiger partial charge in [-0.1, -0.05) is 23.2 Å². The number of halogens is 3. The summed E-state index contributed by atoms with van der Waals surface area (Å²) in [5.41, 5.74) is 1.12. The molecule has 1 saturated heterocycles. The summed E-state index contributed by atoms with van der Waals surface area (Å²) in [4.78, 5) is 2.43. The quantitative estimate of drug-likeness (QED) is 0.741. The molecule has 2 rings (SSSR count). The van der Waals surface area contributed by atoms with Crippen molar-refractivity contribution in [2.75, 3.05) is 19.0 Å². The molecule has 1 unspecified atom stereocenters. The van der Waals surface area contributed by atoms with Crippen molar-refractivity contribution in [2.24, 2.45) is 5.92 Å². The van der Waals surface area contributed by atoms with Crippen LogP contribution in [-0.4, -0.2) is 23.9 Å². The molecule has 1 atom stereocenters. The van der Waals surface area contributed by atoms with Crippen LogP contribution in [0.3, 0.4) is 0 Å². The fourth-order valence-corrected chi connectivity index (χ4v) is 3.03. The molecule has 1 heterocycles. The molecule has 17 heavy (non-hydrogen) atoms. The van der Waals surface area contributed by atoms with E-state index in [2.05, 4.69) is 4.90 Å². The van der Waals surface area contributed by atoms with Crippen molar-refractivity contribution in [3.63, 3.8) is 0 Å². The van der Waals surface area contributed by atoms with E-state index in [1.807, 2.05) is 18.2 Å². The average Bonchev–Trinajstić information content (AvgIpc) is 2.72. The highest BCUT2D eigenvalue weighted by Gasteiger charge is 2.22. The van der Waals surface area contributed by atoms with Gasteiger partial charge in [-0.2, -0.15) is 0 Å². The first-order valence-electron chi connectivity index (χ1n) is 5.91. The van der Waals surface area contributed by atoms with E-state index >= 15 is 0 Å². The Bertz CT molecular complexity index is 381. The molecule has 0 amide bonds. The van der Waals surface area contributed by atoms with Crippen LogP contribution in [0, 0.1) is 5.92 Å². The third-order valence-electron chi connectivity index (χ3n) is 3.29. The number of alkyl halides is 1. The van der Waals surface area contributed by atoms with Crippen molar-refractivity contribution >= 4 is 34.8 Å². The average molecular weight is 293 g/mol. The smallest absolute Gasteiger partial charge is 0.0452 e. The summed E-state index contributed by atoms with van der Waals surface area (Å²) in [5, 5.41) is 1.55. The Morgan fingerprint density at radius 1 is 1.29 bits per heavy atom. The topological polar surface area (TPSA) is 3.24 Å². The third kappa shape index (κ3) is 3.75. The first kappa shape index (κ1) is 13.5. The van der Waals surface area contributed by atoms with E-state index in [1.165, 1.54) is 6.42 Å². The van der Waals surface area contributed by atoms with E-state index in [4.69, 9.17) is 34.8 Å². The third-order valence-corrected chi connectivity index (χ3v) is 4.11. The lowest BCUT2D eigenvalue weighted by Crippen LogP contribution is -2.20. The second-order valence-corrected chi connectivity index (χ2v) is 5.82. The van der Waals surface area contributed by atoms with Gasteiger partial charge in [0.15, 0.2) is 0 Å². The van der Waals surface area contributed by atoms with E-state index in [0.717, 1.165) is 53.5 Å². The molecular weight excluding hydrogens is 277 g/mol. The van der Waals surface area contributed by atoms with E-state index in [-0.39, 0.29) is 0 Å². The summed E-state index contributed by atoms with van der Waals surface area (Å²) in [6, 6.07) is 5.65. The van der Waals surface area contributed by atoms with E-state index in [1.54, 1.807) is 0 Å². The molecule has 0 spiro atoms. The molecule has 1 fully saturated rings. The number of likely N-dealkylation sites (tertiary alicyclic amines) is 1. The zero-order valence-electron chi connectivity index (χ0n) is 9.63. The molecule has 1 aromatic rings. The molecule has 0 N–H and O–H groups in total. The molecule has 1 aromatic carbocycles. The predicted octanol–water partition coefficient (Wildman–Crippen LogP) is 4.44. The maximum atomic E-state index is 6.17. The number of rotatable bonds is 4. The first-order chi connectivity index (χ1) is 8.19. The number of nitrogens with zero attached hydrogens (tertiary/aromatic N) is 1. The Kier molecular flexibility index (Phi) is 4.98. The minimum absolute atomic E-state index is 0.741. The van der Waals surface area contributed by atoms with Gasteiger partial charge in [-0.05, 0) is 49.1 Å². The molecular formula is C13H16Cl3N. The van der Waals surface area contributed by atoms with Crippen LogP contribution in [0.1, 0.15) is 18.4 Å². The first-order valence-corrected chi connectivity index (χ1v) is 7.20. The van der Waals surface area contributed by atoms with E-state index in [9.17, 15) is 0 Å². The van der Waals surface area contributed by atoms with Crippen LogP contribution in [0.4, 0.5) is 0 Å². The van der Waals surface area contributed by atoms with Gasteiger partial charge in [0, 0.05) is 29.0 Å². The number of hydrogen-bond donors (Lipinski definition) is 0. The van der Waals surface area contributed by atoms with Gasteiger partial charge >= 0.3 is 0 Å². The van der Waals surface area contributed by atoms with Gasteiger partial charge in [-0.3, -0.25) is 4.90 Å². The van der Waals surface area contributed by atoms with Crippen LogP contribution in [0.25, 0.3) is 0 Å². The summed E-state index contributed by atoms with van der Waals surface area (Å²) >= 11 is 17.9. The zero-order chi connectivity index (χ0) is 12.3. The maximum Gasteiger partial charge on any atom is 0.0452 e. The Morgan fingerprint density at radius 2 is 2.12 bits per heavy atom. The van der Waals surface area contributed by atoms with Crippen LogP contribution < -0.4 is 0 Å². The predicted molar refractivity (Wildman–Crippen MR) is 75.2 cm³/mol. The van der Waals surface area contributed by atoms with Gasteiger partial charge in [-0.25, -0.2) is 0 Å². The minimum atomic E-state index is 0.741. The Balaban J connectivity index is 1.95. The fraction of sp³-hybridized carbons (Fsp3) is 0.538. The molecule has 0 saturated carbocycles. The highest BCUT2D eigenvalue weighted by Crippen LogP contribution is 2.26. The van der Waals surface area contributed by atoms with Gasteiger partial charge < -0.3 is 0 Å². The van der Waals surface area contributed by atoms with Gasteiger partial charge in [0.05, 0.1) is 0 Å². The minimum Gasteiger partial charge on any atom is -0.299 e. The summed E-state index contributed by atoms with van der Waals surface area (Å²) in [6.45, 7) is 3.14. The lowest BCUT2D eigenvalue weighted by molar-refractivity contribution is 0.315. The normalized spacial score (nSPS) is 21.0. The molecule has 94 valence electrons. The van der Waals surface area contributed by atoms with E-state index < -0.39 is 0 Å². The maximum absolute atomic E-state index is 6.17. The Hall–Kier alpha value is 0.0500. The van der Waals surface area contributed by atoms with Crippen molar-refractivity contribution in [3.05, 3.63) is 33.8 Å². The van der Waals surface area contributed by atoms with Crippen LogP contribution in [0.5, 0.6) is 0 Å². The van der Waals surface area contributed by atoms with Crippen LogP contribution in [0.2, 0.25) is 10.0 Å². The SMILES string of the molecule is ClCCC1CCN(Cc2cc(Cl)ccc2Cl)C1. The highest BCUT2D eigenvalue weighted by molar-refractivity contribution is 6.33. The van der Waals surface area contributed by atoms with Crippen molar-refractivity contribution in [3.8, 4) is 0 Å². The summed E-state index contributed by atoms with van der Waals surface area (Å²) in [6.07, 6.45) is 2.35. The lowest BCUT2D eigenvalue weighted by atomic mass is 10.1. The Morgan fingerprint density at radius 3 is 2.88 bits per heavy atom. The van der Waals surface area contributed by atoms with Crippen molar-refractivity contribution in [1.82, 2.24) is 4.90 Å². The van der Waals surface area contributed by atoms with E-state index in [0.29, 0.717) is 0 Å². The number of benzene rings is 1. The second kappa shape index (κ2) is 6.29. The van der Waals surface area contributed by atoms with Crippen LogP contribution in [-0.2, 0) is 6.54 Å². The number of hydrogen-bond acceptors (Lipinski definition) is 1. The molecule has 1 aliphatic rings. The standard InChI is InChI=1S/C13H16Cl3N/c14-5-3-10-4-6-17(8-10)9-11-7-12(15)1-2-13(11)16/h1-2,7,10H,3-6,8-9H2. The molecule has 0 aliphatic carbocycles. The molecule has 1 aliphatic heterocycles. The fourth-order valence-electron chi connectivity index (χ4n) is 2.35. The molecule has 1 nitrogen and oxygen atoms in total. The molecule has 0 aromatic heterocycles. The van der Waals surface area contributed by atoms with Crippen molar-refractivity contribution in [1.29, 1.82) is 0 Å². The molecule has 0 bridgehead atoms. The second-order valence-electron chi connectivity index (χ2n) is 4.60. The van der Waals surface area contributed by atoms with Crippen LogP contribution in [0.15, 0.2) is 18.2 Å².